The van der Waals surface area contributed by atoms with E-state index in [9.17, 15) is 4.79 Å². The van der Waals surface area contributed by atoms with Crippen molar-refractivity contribution in [3.8, 4) is 0 Å². The lowest BCUT2D eigenvalue weighted by Gasteiger charge is -2.13. The summed E-state index contributed by atoms with van der Waals surface area (Å²) >= 11 is 0. The number of hydrogen-bond acceptors (Lipinski definition) is 2. The Balaban J connectivity index is 1.96. The average molecular weight is 233 g/mol. The zero-order valence-electron chi connectivity index (χ0n) is 9.98. The van der Waals surface area contributed by atoms with Gasteiger partial charge in [-0.3, -0.25) is 4.79 Å². The Bertz CT molecular complexity index is 384. The second-order valence-corrected chi connectivity index (χ2v) is 4.70. The van der Waals surface area contributed by atoms with Crippen molar-refractivity contribution >= 4 is 5.97 Å². The van der Waals surface area contributed by atoms with E-state index in [1.165, 1.54) is 25.7 Å². The molecule has 0 aliphatic heterocycles. The highest BCUT2D eigenvalue weighted by atomic mass is 16.4. The van der Waals surface area contributed by atoms with E-state index < -0.39 is 5.97 Å². The van der Waals surface area contributed by atoms with Crippen LogP contribution >= 0.6 is 0 Å². The fourth-order valence-corrected chi connectivity index (χ4v) is 2.45. The zero-order chi connectivity index (χ0) is 12.1. The first-order chi connectivity index (χ1) is 8.25. The third kappa shape index (κ3) is 3.56. The molecule has 3 nitrogen and oxygen atoms in total. The van der Waals surface area contributed by atoms with Gasteiger partial charge in [-0.1, -0.05) is 37.1 Å². The van der Waals surface area contributed by atoms with Gasteiger partial charge in [-0.2, -0.15) is 0 Å². The van der Waals surface area contributed by atoms with Crippen molar-refractivity contribution in [2.45, 2.75) is 44.7 Å². The lowest BCUT2D eigenvalue weighted by Crippen LogP contribution is -2.26. The molecule has 0 radical (unpaired) electrons. The first-order valence-electron chi connectivity index (χ1n) is 6.27. The summed E-state index contributed by atoms with van der Waals surface area (Å²) in [5.41, 5.74) is 2.03. The molecule has 17 heavy (non-hydrogen) atoms. The van der Waals surface area contributed by atoms with Gasteiger partial charge in [-0.15, -0.1) is 0 Å². The van der Waals surface area contributed by atoms with E-state index in [0.717, 1.165) is 17.7 Å². The number of rotatable bonds is 5. The highest BCUT2D eigenvalue weighted by molar-refractivity contribution is 5.70. The van der Waals surface area contributed by atoms with Crippen LogP contribution in [0.2, 0.25) is 0 Å². The van der Waals surface area contributed by atoms with Gasteiger partial charge in [0.25, 0.3) is 0 Å². The van der Waals surface area contributed by atoms with Crippen molar-refractivity contribution in [1.82, 2.24) is 5.32 Å². The van der Waals surface area contributed by atoms with Crippen LogP contribution in [0.15, 0.2) is 24.3 Å². The highest BCUT2D eigenvalue weighted by Crippen LogP contribution is 2.18. The van der Waals surface area contributed by atoms with Crippen molar-refractivity contribution in [2.75, 3.05) is 0 Å². The van der Waals surface area contributed by atoms with Gasteiger partial charge in [0.2, 0.25) is 0 Å². The Morgan fingerprint density at radius 3 is 2.53 bits per heavy atom. The van der Waals surface area contributed by atoms with Crippen molar-refractivity contribution in [1.29, 1.82) is 0 Å². The summed E-state index contributed by atoms with van der Waals surface area (Å²) in [6, 6.07) is 8.40. The highest BCUT2D eigenvalue weighted by Gasteiger charge is 2.14. The molecule has 92 valence electrons. The van der Waals surface area contributed by atoms with Gasteiger partial charge in [-0.25, -0.2) is 0 Å². The zero-order valence-corrected chi connectivity index (χ0v) is 9.98. The predicted molar refractivity (Wildman–Crippen MR) is 66.9 cm³/mol. The van der Waals surface area contributed by atoms with Crippen LogP contribution in [0.1, 0.15) is 36.8 Å². The summed E-state index contributed by atoms with van der Waals surface area (Å²) in [6.45, 7) is 0.786. The molecule has 1 aromatic rings. The molecule has 1 aliphatic carbocycles. The number of hydrogen-bond donors (Lipinski definition) is 2. The van der Waals surface area contributed by atoms with E-state index >= 15 is 0 Å². The number of carboxylic acid groups (broad SMARTS) is 1. The Morgan fingerprint density at radius 1 is 1.24 bits per heavy atom. The van der Waals surface area contributed by atoms with E-state index in [0.29, 0.717) is 6.04 Å². The molecule has 1 aromatic carbocycles. The van der Waals surface area contributed by atoms with Gasteiger partial charge in [-0.05, 0) is 24.0 Å². The topological polar surface area (TPSA) is 49.3 Å². The predicted octanol–water partition coefficient (Wildman–Crippen LogP) is 2.35. The summed E-state index contributed by atoms with van der Waals surface area (Å²) in [7, 11) is 0. The summed E-state index contributed by atoms with van der Waals surface area (Å²) in [5.74, 6) is -0.765. The van der Waals surface area contributed by atoms with E-state index in [2.05, 4.69) is 5.32 Å². The second-order valence-electron chi connectivity index (χ2n) is 4.70. The van der Waals surface area contributed by atoms with Crippen molar-refractivity contribution in [3.05, 3.63) is 35.4 Å². The molecule has 0 heterocycles. The van der Waals surface area contributed by atoms with Crippen LogP contribution in [0, 0.1) is 0 Å². The van der Waals surface area contributed by atoms with Crippen LogP contribution in [0.5, 0.6) is 0 Å². The largest absolute Gasteiger partial charge is 0.481 e. The van der Waals surface area contributed by atoms with Gasteiger partial charge in [0.05, 0.1) is 6.42 Å². The summed E-state index contributed by atoms with van der Waals surface area (Å²) in [6.07, 6.45) is 5.24. The molecule has 0 unspecified atom stereocenters. The van der Waals surface area contributed by atoms with E-state index in [-0.39, 0.29) is 6.42 Å². The minimum Gasteiger partial charge on any atom is -0.481 e. The third-order valence-electron chi connectivity index (χ3n) is 3.40. The molecule has 0 bridgehead atoms. The molecular formula is C14H19NO2. The smallest absolute Gasteiger partial charge is 0.307 e. The quantitative estimate of drug-likeness (QED) is 0.820. The Morgan fingerprint density at radius 2 is 1.88 bits per heavy atom. The standard InChI is InChI=1S/C14H19NO2/c16-14(17)9-11-5-1-2-6-12(11)10-15-13-7-3-4-8-13/h1-2,5-6,13,15H,3-4,7-10H2,(H,16,17). The van der Waals surface area contributed by atoms with Crippen LogP contribution in [0.4, 0.5) is 0 Å². The van der Waals surface area contributed by atoms with Gasteiger partial charge >= 0.3 is 5.97 Å². The van der Waals surface area contributed by atoms with Gasteiger partial charge in [0.1, 0.15) is 0 Å². The minimum atomic E-state index is -0.765. The maximum absolute atomic E-state index is 10.8. The Hall–Kier alpha value is -1.35. The van der Waals surface area contributed by atoms with Crippen molar-refractivity contribution in [2.24, 2.45) is 0 Å². The first-order valence-corrected chi connectivity index (χ1v) is 6.27. The molecule has 3 heteroatoms. The van der Waals surface area contributed by atoms with Gasteiger partial charge < -0.3 is 10.4 Å². The normalized spacial score (nSPS) is 16.2. The molecule has 0 atom stereocenters. The second kappa shape index (κ2) is 5.82. The number of carboxylic acids is 1. The van der Waals surface area contributed by atoms with Crippen LogP contribution in [-0.2, 0) is 17.8 Å². The summed E-state index contributed by atoms with van der Waals surface area (Å²) in [4.78, 5) is 10.8. The lowest BCUT2D eigenvalue weighted by molar-refractivity contribution is -0.136. The number of benzene rings is 1. The average Bonchev–Trinajstić information content (AvgIpc) is 2.80. The number of nitrogens with one attached hydrogen (secondary N) is 1. The fraction of sp³-hybridized carbons (Fsp3) is 0.500. The SMILES string of the molecule is O=C(O)Cc1ccccc1CNC1CCCC1. The molecule has 0 saturated heterocycles. The molecule has 0 aromatic heterocycles. The Labute approximate surface area is 102 Å². The fourth-order valence-electron chi connectivity index (χ4n) is 2.45. The third-order valence-corrected chi connectivity index (χ3v) is 3.40. The van der Waals surface area contributed by atoms with Crippen molar-refractivity contribution in [3.63, 3.8) is 0 Å². The first kappa shape index (κ1) is 12.1. The molecule has 2 N–H and O–H groups in total. The van der Waals surface area contributed by atoms with Gasteiger partial charge in [0, 0.05) is 12.6 Å². The van der Waals surface area contributed by atoms with Crippen LogP contribution in [0.3, 0.4) is 0 Å². The molecule has 2 rings (SSSR count). The van der Waals surface area contributed by atoms with Gasteiger partial charge in [0.15, 0.2) is 0 Å². The van der Waals surface area contributed by atoms with Crippen LogP contribution in [0.25, 0.3) is 0 Å². The van der Waals surface area contributed by atoms with Crippen molar-refractivity contribution < 1.29 is 9.90 Å². The lowest BCUT2D eigenvalue weighted by atomic mass is 10.0. The molecule has 0 amide bonds. The molecule has 1 saturated carbocycles. The van der Waals surface area contributed by atoms with Crippen LogP contribution < -0.4 is 5.32 Å². The van der Waals surface area contributed by atoms with E-state index in [1.54, 1.807) is 0 Å². The van der Waals surface area contributed by atoms with Crippen LogP contribution in [-0.4, -0.2) is 17.1 Å². The number of carbonyl (C=O) groups is 1. The molecule has 1 fully saturated rings. The van der Waals surface area contributed by atoms with E-state index in [1.807, 2.05) is 24.3 Å². The molecule has 1 aliphatic rings. The summed E-state index contributed by atoms with van der Waals surface area (Å²) in [5, 5.41) is 12.4. The van der Waals surface area contributed by atoms with E-state index in [4.69, 9.17) is 5.11 Å². The number of aliphatic carboxylic acids is 1. The monoisotopic (exact) mass is 233 g/mol. The maximum atomic E-state index is 10.8. The minimum absolute atomic E-state index is 0.114. The maximum Gasteiger partial charge on any atom is 0.307 e. The Kier molecular flexibility index (Phi) is 4.15. The molecular weight excluding hydrogens is 214 g/mol. The summed E-state index contributed by atoms with van der Waals surface area (Å²) < 4.78 is 0. The molecule has 0 spiro atoms.